The van der Waals surface area contributed by atoms with E-state index in [0.29, 0.717) is 16.1 Å². The molecule has 3 amide bonds. The number of imide groups is 1. The van der Waals surface area contributed by atoms with E-state index >= 15 is 0 Å². The minimum Gasteiger partial charge on any atom is -0.387 e. The first-order valence-corrected chi connectivity index (χ1v) is 7.93. The number of amides is 3. The molecule has 5 nitrogen and oxygen atoms in total. The van der Waals surface area contributed by atoms with Crippen molar-refractivity contribution in [1.29, 1.82) is 0 Å². The summed E-state index contributed by atoms with van der Waals surface area (Å²) in [7, 11) is 0. The number of aliphatic hydroxyl groups excluding tert-OH is 1. The zero-order valence-corrected chi connectivity index (χ0v) is 13.8. The Hall–Kier alpha value is -2.37. The molecule has 3 rings (SSSR count). The molecule has 1 fully saturated rings. The summed E-state index contributed by atoms with van der Waals surface area (Å²) < 4.78 is 0. The maximum absolute atomic E-state index is 12.8. The van der Waals surface area contributed by atoms with Crippen molar-refractivity contribution in [3.63, 3.8) is 0 Å². The third-order valence-electron chi connectivity index (χ3n) is 4.24. The molecule has 24 heavy (non-hydrogen) atoms. The molecule has 0 saturated carbocycles. The van der Waals surface area contributed by atoms with E-state index < -0.39 is 23.6 Å². The van der Waals surface area contributed by atoms with Crippen molar-refractivity contribution < 1.29 is 14.7 Å². The van der Waals surface area contributed by atoms with Crippen LogP contribution in [0.5, 0.6) is 0 Å². The quantitative estimate of drug-likeness (QED) is 0.838. The Bertz CT molecular complexity index is 764. The fourth-order valence-electron chi connectivity index (χ4n) is 2.80. The molecule has 2 atom stereocenters. The van der Waals surface area contributed by atoms with Gasteiger partial charge in [0.15, 0.2) is 0 Å². The van der Waals surface area contributed by atoms with E-state index in [1.807, 2.05) is 6.07 Å². The lowest BCUT2D eigenvalue weighted by Gasteiger charge is -2.23. The highest BCUT2D eigenvalue weighted by molar-refractivity contribution is 6.30. The summed E-state index contributed by atoms with van der Waals surface area (Å²) in [5, 5.41) is 13.6. The first-order valence-electron chi connectivity index (χ1n) is 7.55. The van der Waals surface area contributed by atoms with Gasteiger partial charge in [-0.3, -0.25) is 9.69 Å². The number of aliphatic hydroxyl groups is 1. The molecule has 2 aromatic carbocycles. The van der Waals surface area contributed by atoms with E-state index in [1.54, 1.807) is 55.5 Å². The summed E-state index contributed by atoms with van der Waals surface area (Å²) in [6, 6.07) is 15.2. The molecule has 1 heterocycles. The average molecular weight is 345 g/mol. The van der Waals surface area contributed by atoms with Crippen LogP contribution in [0.15, 0.2) is 54.6 Å². The van der Waals surface area contributed by atoms with Crippen molar-refractivity contribution in [2.24, 2.45) is 0 Å². The van der Waals surface area contributed by atoms with Gasteiger partial charge < -0.3 is 10.4 Å². The van der Waals surface area contributed by atoms with Crippen LogP contribution in [0.1, 0.15) is 24.2 Å². The normalized spacial score (nSPS) is 21.7. The lowest BCUT2D eigenvalue weighted by Crippen LogP contribution is -2.41. The number of β-amino-alcohol motifs (C(OH)–C–C–N with tert-alkyl or cyclic N) is 1. The van der Waals surface area contributed by atoms with E-state index in [9.17, 15) is 14.7 Å². The number of carbonyl (C=O) groups is 2. The van der Waals surface area contributed by atoms with Crippen LogP contribution in [0.4, 0.5) is 4.79 Å². The van der Waals surface area contributed by atoms with Crippen molar-refractivity contribution in [2.45, 2.75) is 18.6 Å². The number of hydrogen-bond donors (Lipinski definition) is 2. The number of hydrogen-bond acceptors (Lipinski definition) is 3. The first-order chi connectivity index (χ1) is 11.4. The highest BCUT2D eigenvalue weighted by Crippen LogP contribution is 2.30. The Balaban J connectivity index is 1.82. The van der Waals surface area contributed by atoms with E-state index in [0.717, 1.165) is 4.90 Å². The fraction of sp³-hybridized carbons (Fsp3) is 0.222. The van der Waals surface area contributed by atoms with Crippen LogP contribution in [0.3, 0.4) is 0 Å². The minimum atomic E-state index is -1.17. The van der Waals surface area contributed by atoms with E-state index in [-0.39, 0.29) is 6.54 Å². The number of nitrogens with one attached hydrogen (secondary N) is 1. The Kier molecular flexibility index (Phi) is 4.30. The zero-order valence-electron chi connectivity index (χ0n) is 13.1. The molecule has 0 bridgehead atoms. The molecule has 2 aromatic rings. The Labute approximate surface area is 144 Å². The molecular weight excluding hydrogens is 328 g/mol. The predicted molar refractivity (Wildman–Crippen MR) is 90.5 cm³/mol. The van der Waals surface area contributed by atoms with Crippen LogP contribution < -0.4 is 5.32 Å². The van der Waals surface area contributed by atoms with Gasteiger partial charge in [0.25, 0.3) is 5.91 Å². The highest BCUT2D eigenvalue weighted by atomic mass is 35.5. The van der Waals surface area contributed by atoms with Crippen molar-refractivity contribution in [1.82, 2.24) is 10.2 Å². The summed E-state index contributed by atoms with van der Waals surface area (Å²) >= 11 is 5.88. The standard InChI is InChI=1S/C18H17ClN2O3/c1-18(13-7-9-14(19)10-8-13)16(23)21(17(24)20-18)11-15(22)12-5-3-2-4-6-12/h2-10,15,22H,11H2,1H3,(H,20,24)/t15-,18+/m1/s1. The molecule has 6 heteroatoms. The van der Waals surface area contributed by atoms with Crippen LogP contribution >= 0.6 is 11.6 Å². The van der Waals surface area contributed by atoms with Gasteiger partial charge in [0, 0.05) is 5.02 Å². The van der Waals surface area contributed by atoms with Crippen LogP contribution in [0.2, 0.25) is 5.02 Å². The maximum atomic E-state index is 12.8. The van der Waals surface area contributed by atoms with Crippen molar-refractivity contribution in [3.05, 3.63) is 70.7 Å². The smallest absolute Gasteiger partial charge is 0.325 e. The molecule has 1 saturated heterocycles. The van der Waals surface area contributed by atoms with Gasteiger partial charge in [-0.1, -0.05) is 54.1 Å². The molecular formula is C18H17ClN2O3. The largest absolute Gasteiger partial charge is 0.387 e. The van der Waals surface area contributed by atoms with E-state index in [2.05, 4.69) is 5.32 Å². The summed E-state index contributed by atoms with van der Waals surface area (Å²) in [6.45, 7) is 1.54. The molecule has 0 aliphatic carbocycles. The Morgan fingerprint density at radius 2 is 1.75 bits per heavy atom. The van der Waals surface area contributed by atoms with Gasteiger partial charge in [0.1, 0.15) is 5.54 Å². The van der Waals surface area contributed by atoms with Crippen LogP contribution in [0.25, 0.3) is 0 Å². The van der Waals surface area contributed by atoms with Gasteiger partial charge >= 0.3 is 6.03 Å². The second-order valence-electron chi connectivity index (χ2n) is 5.90. The van der Waals surface area contributed by atoms with E-state index in [4.69, 9.17) is 11.6 Å². The second kappa shape index (κ2) is 6.26. The minimum absolute atomic E-state index is 0.0993. The molecule has 0 radical (unpaired) electrons. The third-order valence-corrected chi connectivity index (χ3v) is 4.49. The van der Waals surface area contributed by atoms with Crippen molar-refractivity contribution in [2.75, 3.05) is 6.54 Å². The number of nitrogens with zero attached hydrogens (tertiary/aromatic N) is 1. The van der Waals surface area contributed by atoms with Gasteiger partial charge in [0.05, 0.1) is 12.6 Å². The summed E-state index contributed by atoms with van der Waals surface area (Å²) in [5.41, 5.74) is 0.123. The SMILES string of the molecule is C[C@@]1(c2ccc(Cl)cc2)NC(=O)N(C[C@@H](O)c2ccccc2)C1=O. The maximum Gasteiger partial charge on any atom is 0.325 e. The Morgan fingerprint density at radius 3 is 2.38 bits per heavy atom. The third kappa shape index (κ3) is 2.88. The lowest BCUT2D eigenvalue weighted by molar-refractivity contribution is -0.132. The van der Waals surface area contributed by atoms with Gasteiger partial charge in [-0.25, -0.2) is 4.79 Å². The second-order valence-corrected chi connectivity index (χ2v) is 6.34. The molecule has 1 aliphatic heterocycles. The average Bonchev–Trinajstić information content (AvgIpc) is 2.80. The zero-order chi connectivity index (χ0) is 17.3. The summed E-state index contributed by atoms with van der Waals surface area (Å²) in [4.78, 5) is 26.1. The van der Waals surface area contributed by atoms with Crippen LogP contribution in [-0.4, -0.2) is 28.5 Å². The van der Waals surface area contributed by atoms with Gasteiger partial charge in [-0.2, -0.15) is 0 Å². The van der Waals surface area contributed by atoms with Gasteiger partial charge in [0.2, 0.25) is 0 Å². The molecule has 0 aromatic heterocycles. The summed E-state index contributed by atoms with van der Waals surface area (Å²) in [6.07, 6.45) is -0.937. The summed E-state index contributed by atoms with van der Waals surface area (Å²) in [5.74, 6) is -0.398. The lowest BCUT2D eigenvalue weighted by atomic mass is 9.92. The molecule has 124 valence electrons. The van der Waals surface area contributed by atoms with Crippen LogP contribution in [-0.2, 0) is 10.3 Å². The van der Waals surface area contributed by atoms with E-state index in [1.165, 1.54) is 0 Å². The monoisotopic (exact) mass is 344 g/mol. The first kappa shape index (κ1) is 16.5. The topological polar surface area (TPSA) is 69.6 Å². The number of halogens is 1. The number of urea groups is 1. The van der Waals surface area contributed by atoms with Crippen molar-refractivity contribution in [3.8, 4) is 0 Å². The Morgan fingerprint density at radius 1 is 1.12 bits per heavy atom. The number of benzene rings is 2. The van der Waals surface area contributed by atoms with Gasteiger partial charge in [-0.15, -0.1) is 0 Å². The molecule has 0 unspecified atom stereocenters. The highest BCUT2D eigenvalue weighted by Gasteiger charge is 2.49. The predicted octanol–water partition coefficient (Wildman–Crippen LogP) is 2.84. The number of rotatable bonds is 4. The van der Waals surface area contributed by atoms with Crippen molar-refractivity contribution >= 4 is 23.5 Å². The fourth-order valence-corrected chi connectivity index (χ4v) is 2.92. The van der Waals surface area contributed by atoms with Gasteiger partial charge in [-0.05, 0) is 30.2 Å². The molecule has 0 spiro atoms. The molecule has 1 aliphatic rings. The van der Waals surface area contributed by atoms with Crippen LogP contribution in [0, 0.1) is 0 Å². The molecule has 2 N–H and O–H groups in total. The number of carbonyl (C=O) groups excluding carboxylic acids is 2.